The second kappa shape index (κ2) is 7.26. The first-order valence-electron chi connectivity index (χ1n) is 7.57. The number of esters is 1. The smallest absolute Gasteiger partial charge is 0.311 e. The molecule has 1 N–H and O–H groups in total. The van der Waals surface area contributed by atoms with Gasteiger partial charge in [0, 0.05) is 26.1 Å². The number of carbonyl (C=O) groups excluding carboxylic acids is 3. The minimum absolute atomic E-state index is 0.0605. The predicted octanol–water partition coefficient (Wildman–Crippen LogP) is 1.11. The van der Waals surface area contributed by atoms with E-state index in [9.17, 15) is 14.4 Å². The number of rotatable bonds is 4. The van der Waals surface area contributed by atoms with E-state index in [-0.39, 0.29) is 11.7 Å². The van der Waals surface area contributed by atoms with Crippen molar-refractivity contribution in [2.75, 3.05) is 18.4 Å². The molecule has 0 spiro atoms. The van der Waals surface area contributed by atoms with Crippen molar-refractivity contribution in [1.82, 2.24) is 10.1 Å². The third-order valence-electron chi connectivity index (χ3n) is 3.74. The lowest BCUT2D eigenvalue weighted by atomic mass is 9.98. The van der Waals surface area contributed by atoms with Crippen LogP contribution in [0.3, 0.4) is 0 Å². The number of amides is 2. The zero-order valence-corrected chi connectivity index (χ0v) is 13.5. The van der Waals surface area contributed by atoms with Gasteiger partial charge < -0.3 is 19.5 Å². The summed E-state index contributed by atoms with van der Waals surface area (Å²) in [5, 5.41) is 6.16. The number of aryl methyl sites for hydroxylation is 1. The van der Waals surface area contributed by atoms with E-state index in [1.54, 1.807) is 17.9 Å². The molecule has 0 saturated carbocycles. The quantitative estimate of drug-likeness (QED) is 0.833. The molecule has 0 unspecified atom stereocenters. The monoisotopic (exact) mass is 323 g/mol. The van der Waals surface area contributed by atoms with Gasteiger partial charge in [-0.05, 0) is 26.7 Å². The molecule has 2 rings (SSSR count). The Balaban J connectivity index is 1.86. The molecule has 0 aliphatic carbocycles. The number of aromatic nitrogens is 1. The summed E-state index contributed by atoms with van der Waals surface area (Å²) in [7, 11) is 0. The Bertz CT molecular complexity index is 598. The van der Waals surface area contributed by atoms with Gasteiger partial charge in [0.2, 0.25) is 5.91 Å². The number of nitrogens with one attached hydrogen (secondary N) is 1. The topological polar surface area (TPSA) is 102 Å². The van der Waals surface area contributed by atoms with E-state index in [0.29, 0.717) is 25.3 Å². The molecule has 2 atom stereocenters. The molecule has 23 heavy (non-hydrogen) atoms. The van der Waals surface area contributed by atoms with Gasteiger partial charge in [0.1, 0.15) is 5.76 Å². The van der Waals surface area contributed by atoms with Crippen molar-refractivity contribution in [3.63, 3.8) is 0 Å². The molecule has 0 aromatic carbocycles. The van der Waals surface area contributed by atoms with Crippen LogP contribution in [0, 0.1) is 12.8 Å². The molecule has 0 radical (unpaired) electrons. The number of anilines is 1. The van der Waals surface area contributed by atoms with Crippen LogP contribution in [0.4, 0.5) is 5.82 Å². The van der Waals surface area contributed by atoms with E-state index in [0.717, 1.165) is 6.42 Å². The minimum atomic E-state index is -0.952. The molecule has 1 fully saturated rings. The van der Waals surface area contributed by atoms with Crippen molar-refractivity contribution in [3.8, 4) is 0 Å². The summed E-state index contributed by atoms with van der Waals surface area (Å²) in [6, 6.07) is 1.57. The van der Waals surface area contributed by atoms with E-state index < -0.39 is 23.9 Å². The van der Waals surface area contributed by atoms with Gasteiger partial charge >= 0.3 is 5.97 Å². The first-order chi connectivity index (χ1) is 10.9. The van der Waals surface area contributed by atoms with Crippen LogP contribution in [0.25, 0.3) is 0 Å². The molecule has 2 heterocycles. The van der Waals surface area contributed by atoms with Crippen molar-refractivity contribution < 1.29 is 23.6 Å². The van der Waals surface area contributed by atoms with Gasteiger partial charge in [0.25, 0.3) is 5.91 Å². The second-order valence-electron chi connectivity index (χ2n) is 5.70. The first-order valence-corrected chi connectivity index (χ1v) is 7.57. The molecular formula is C15H21N3O5. The maximum Gasteiger partial charge on any atom is 0.311 e. The predicted molar refractivity (Wildman–Crippen MR) is 80.4 cm³/mol. The van der Waals surface area contributed by atoms with Crippen molar-refractivity contribution >= 4 is 23.6 Å². The summed E-state index contributed by atoms with van der Waals surface area (Å²) in [6.07, 6.45) is 0.449. The Hall–Kier alpha value is -2.38. The van der Waals surface area contributed by atoms with E-state index in [1.807, 2.05) is 0 Å². The average Bonchev–Trinajstić information content (AvgIpc) is 2.92. The fourth-order valence-corrected chi connectivity index (χ4v) is 2.43. The normalized spacial score (nSPS) is 19.1. The highest BCUT2D eigenvalue weighted by Gasteiger charge is 2.30. The Kier molecular flexibility index (Phi) is 5.36. The molecule has 126 valence electrons. The lowest BCUT2D eigenvalue weighted by Gasteiger charge is -2.31. The Morgan fingerprint density at radius 2 is 2.22 bits per heavy atom. The highest BCUT2D eigenvalue weighted by atomic mass is 16.5. The van der Waals surface area contributed by atoms with Gasteiger partial charge in [0.05, 0.1) is 5.92 Å². The Morgan fingerprint density at radius 3 is 2.83 bits per heavy atom. The van der Waals surface area contributed by atoms with Crippen molar-refractivity contribution in [2.45, 2.75) is 39.7 Å². The number of nitrogens with zero attached hydrogens (tertiary/aromatic N) is 2. The Labute approximate surface area is 134 Å². The fourth-order valence-electron chi connectivity index (χ4n) is 2.43. The SMILES string of the molecule is CC(=O)N1CCC[C@@H](C(=O)O[C@H](C)C(=O)Nc2cc(C)on2)C1. The van der Waals surface area contributed by atoms with Gasteiger partial charge in [0.15, 0.2) is 11.9 Å². The lowest BCUT2D eigenvalue weighted by molar-refractivity contribution is -0.159. The van der Waals surface area contributed by atoms with Crippen LogP contribution in [-0.2, 0) is 19.1 Å². The summed E-state index contributed by atoms with van der Waals surface area (Å²) >= 11 is 0. The zero-order valence-electron chi connectivity index (χ0n) is 13.5. The van der Waals surface area contributed by atoms with Crippen LogP contribution in [0.5, 0.6) is 0 Å². The molecule has 8 heteroatoms. The molecule has 1 aliphatic rings. The van der Waals surface area contributed by atoms with Crippen molar-refractivity contribution in [2.24, 2.45) is 5.92 Å². The van der Waals surface area contributed by atoms with E-state index in [4.69, 9.17) is 9.26 Å². The van der Waals surface area contributed by atoms with E-state index >= 15 is 0 Å². The molecule has 1 saturated heterocycles. The number of carbonyl (C=O) groups is 3. The minimum Gasteiger partial charge on any atom is -0.452 e. The first kappa shape index (κ1) is 17.0. The number of hydrogen-bond donors (Lipinski definition) is 1. The number of hydrogen-bond acceptors (Lipinski definition) is 6. The van der Waals surface area contributed by atoms with Gasteiger partial charge in [-0.3, -0.25) is 14.4 Å². The average molecular weight is 323 g/mol. The van der Waals surface area contributed by atoms with Crippen LogP contribution >= 0.6 is 0 Å². The highest BCUT2D eigenvalue weighted by Crippen LogP contribution is 2.19. The summed E-state index contributed by atoms with van der Waals surface area (Å²) in [5.41, 5.74) is 0. The molecule has 0 bridgehead atoms. The van der Waals surface area contributed by atoms with E-state index in [1.165, 1.54) is 13.8 Å². The number of likely N-dealkylation sites (tertiary alicyclic amines) is 1. The maximum absolute atomic E-state index is 12.2. The molecule has 1 aliphatic heterocycles. The zero-order chi connectivity index (χ0) is 17.0. The largest absolute Gasteiger partial charge is 0.452 e. The van der Waals surface area contributed by atoms with Crippen LogP contribution < -0.4 is 5.32 Å². The summed E-state index contributed by atoms with van der Waals surface area (Å²) in [4.78, 5) is 37.2. The fraction of sp³-hybridized carbons (Fsp3) is 0.600. The van der Waals surface area contributed by atoms with Crippen LogP contribution in [0.2, 0.25) is 0 Å². The summed E-state index contributed by atoms with van der Waals surface area (Å²) in [5.74, 6) is -0.556. The van der Waals surface area contributed by atoms with Gasteiger partial charge in [-0.25, -0.2) is 0 Å². The molecule has 8 nitrogen and oxygen atoms in total. The number of piperidine rings is 1. The summed E-state index contributed by atoms with van der Waals surface area (Å²) in [6.45, 7) is 5.66. The number of ether oxygens (including phenoxy) is 1. The third kappa shape index (κ3) is 4.54. The van der Waals surface area contributed by atoms with Gasteiger partial charge in [-0.2, -0.15) is 0 Å². The standard InChI is InChI=1S/C15H21N3O5/c1-9-7-13(17-23-9)16-14(20)10(2)22-15(21)12-5-4-6-18(8-12)11(3)19/h7,10,12H,4-6,8H2,1-3H3,(H,16,17,20)/t10-,12-/m1/s1. The van der Waals surface area contributed by atoms with Crippen molar-refractivity contribution in [3.05, 3.63) is 11.8 Å². The Morgan fingerprint density at radius 1 is 1.48 bits per heavy atom. The van der Waals surface area contributed by atoms with Crippen LogP contribution in [-0.4, -0.2) is 47.0 Å². The van der Waals surface area contributed by atoms with Gasteiger partial charge in [-0.1, -0.05) is 5.16 Å². The van der Waals surface area contributed by atoms with Crippen molar-refractivity contribution in [1.29, 1.82) is 0 Å². The van der Waals surface area contributed by atoms with Crippen LogP contribution in [0.15, 0.2) is 10.6 Å². The van der Waals surface area contributed by atoms with Gasteiger partial charge in [-0.15, -0.1) is 0 Å². The highest BCUT2D eigenvalue weighted by molar-refractivity contribution is 5.94. The molecule has 2 amide bonds. The van der Waals surface area contributed by atoms with E-state index in [2.05, 4.69) is 10.5 Å². The molecule has 1 aromatic rings. The lowest BCUT2D eigenvalue weighted by Crippen LogP contribution is -2.43. The van der Waals surface area contributed by atoms with Crippen LogP contribution in [0.1, 0.15) is 32.4 Å². The molecular weight excluding hydrogens is 302 g/mol. The third-order valence-corrected chi connectivity index (χ3v) is 3.74. The summed E-state index contributed by atoms with van der Waals surface area (Å²) < 4.78 is 10.1. The molecule has 1 aromatic heterocycles. The maximum atomic E-state index is 12.2. The second-order valence-corrected chi connectivity index (χ2v) is 5.70.